The number of fused-ring (bicyclic) bond motifs is 1. The van der Waals surface area contributed by atoms with Crippen molar-refractivity contribution in [3.63, 3.8) is 0 Å². The number of hydrogen-bond acceptors (Lipinski definition) is 4. The standard InChI is InChI=1S/C23H29NO4S/c1-4-28-23(25)14-19-8-6-5-7-18(3)22-16-24(15-20(22)13-19)29(26,27)21-11-9-17(2)10-12-21/h7,9-14,22H,4-6,8,15-16H2,1-3H3/b18-7-,19-14+,20-13-. The molecule has 1 aliphatic carbocycles. The van der Waals surface area contributed by atoms with Gasteiger partial charge in [0, 0.05) is 25.1 Å². The number of ether oxygens (including phenoxy) is 1. The normalized spacial score (nSPS) is 25.8. The number of sulfonamides is 1. The maximum atomic E-state index is 13.2. The van der Waals surface area contributed by atoms with Crippen LogP contribution >= 0.6 is 0 Å². The smallest absolute Gasteiger partial charge is 0.331 e. The van der Waals surface area contributed by atoms with Gasteiger partial charge in [-0.2, -0.15) is 4.31 Å². The Hall–Kier alpha value is -2.18. The molecule has 1 aliphatic heterocycles. The SMILES string of the molecule is CCOC(=O)/C=C1/C=C2/CN(S(=O)(=O)c3ccc(C)cc3)CC2/C(C)=C\CCC1. The number of carbonyl (C=O) groups is 1. The summed E-state index contributed by atoms with van der Waals surface area (Å²) in [6.45, 7) is 6.90. The Kier molecular flexibility index (Phi) is 6.75. The molecule has 0 N–H and O–H groups in total. The lowest BCUT2D eigenvalue weighted by atomic mass is 9.93. The number of nitrogens with zero attached hydrogens (tertiary/aromatic N) is 1. The lowest BCUT2D eigenvalue weighted by Gasteiger charge is -2.16. The fourth-order valence-corrected chi connectivity index (χ4v) is 5.30. The maximum Gasteiger partial charge on any atom is 0.331 e. The van der Waals surface area contributed by atoms with Gasteiger partial charge in [0.1, 0.15) is 0 Å². The number of esters is 1. The van der Waals surface area contributed by atoms with Crippen molar-refractivity contribution >= 4 is 16.0 Å². The van der Waals surface area contributed by atoms with Crippen molar-refractivity contribution in [1.29, 1.82) is 0 Å². The Bertz CT molecular complexity index is 955. The summed E-state index contributed by atoms with van der Waals surface area (Å²) in [6, 6.07) is 6.97. The van der Waals surface area contributed by atoms with Crippen molar-refractivity contribution in [2.45, 2.75) is 44.9 Å². The van der Waals surface area contributed by atoms with Crippen LogP contribution in [0.15, 0.2) is 64.1 Å². The van der Waals surface area contributed by atoms with Gasteiger partial charge in [-0.25, -0.2) is 13.2 Å². The molecule has 1 fully saturated rings. The highest BCUT2D eigenvalue weighted by atomic mass is 32.2. The lowest BCUT2D eigenvalue weighted by molar-refractivity contribution is -0.137. The monoisotopic (exact) mass is 415 g/mol. The van der Waals surface area contributed by atoms with Crippen LogP contribution in [0, 0.1) is 12.8 Å². The average Bonchev–Trinajstić information content (AvgIpc) is 3.11. The van der Waals surface area contributed by atoms with E-state index in [-0.39, 0.29) is 11.9 Å². The van der Waals surface area contributed by atoms with Gasteiger partial charge < -0.3 is 4.74 Å². The number of hydrogen-bond donors (Lipinski definition) is 0. The van der Waals surface area contributed by atoms with Crippen molar-refractivity contribution in [3.05, 3.63) is 64.8 Å². The second-order valence-electron chi connectivity index (χ2n) is 7.69. The number of benzene rings is 1. The second kappa shape index (κ2) is 9.09. The molecule has 1 aromatic carbocycles. The highest BCUT2D eigenvalue weighted by Gasteiger charge is 2.36. The first-order chi connectivity index (χ1) is 13.8. The molecule has 0 saturated carbocycles. The number of carbonyl (C=O) groups excluding carboxylic acids is 1. The van der Waals surface area contributed by atoms with Crippen molar-refractivity contribution < 1.29 is 17.9 Å². The molecular weight excluding hydrogens is 386 g/mol. The second-order valence-corrected chi connectivity index (χ2v) is 9.63. The molecule has 29 heavy (non-hydrogen) atoms. The minimum atomic E-state index is -3.57. The molecule has 0 aromatic heterocycles. The van der Waals surface area contributed by atoms with Gasteiger partial charge in [0.15, 0.2) is 0 Å². The summed E-state index contributed by atoms with van der Waals surface area (Å²) >= 11 is 0. The summed E-state index contributed by atoms with van der Waals surface area (Å²) in [5.41, 5.74) is 4.15. The van der Waals surface area contributed by atoms with E-state index in [0.717, 1.165) is 36.0 Å². The van der Waals surface area contributed by atoms with Crippen LogP contribution in [0.4, 0.5) is 0 Å². The van der Waals surface area contributed by atoms with Crippen molar-refractivity contribution in [3.8, 4) is 0 Å². The summed E-state index contributed by atoms with van der Waals surface area (Å²) in [5, 5.41) is 0. The van der Waals surface area contributed by atoms with E-state index in [2.05, 4.69) is 13.0 Å². The van der Waals surface area contributed by atoms with E-state index in [9.17, 15) is 13.2 Å². The zero-order chi connectivity index (χ0) is 21.0. The van der Waals surface area contributed by atoms with Crippen molar-refractivity contribution in [2.75, 3.05) is 19.7 Å². The molecule has 0 radical (unpaired) electrons. The Morgan fingerprint density at radius 1 is 1.24 bits per heavy atom. The molecule has 1 aromatic rings. The average molecular weight is 416 g/mol. The first kappa shape index (κ1) is 21.5. The molecule has 156 valence electrons. The van der Waals surface area contributed by atoms with Gasteiger partial charge in [-0.15, -0.1) is 0 Å². The van der Waals surface area contributed by atoms with Gasteiger partial charge >= 0.3 is 5.97 Å². The lowest BCUT2D eigenvalue weighted by Crippen LogP contribution is -2.29. The first-order valence-electron chi connectivity index (χ1n) is 10.1. The Labute approximate surface area is 173 Å². The Morgan fingerprint density at radius 2 is 1.97 bits per heavy atom. The van der Waals surface area contributed by atoms with Crippen LogP contribution in [0.1, 0.15) is 38.7 Å². The topological polar surface area (TPSA) is 63.7 Å². The number of aryl methyl sites for hydroxylation is 1. The quantitative estimate of drug-likeness (QED) is 0.421. The third-order valence-corrected chi connectivity index (χ3v) is 7.32. The number of rotatable bonds is 4. The van der Waals surface area contributed by atoms with E-state index < -0.39 is 10.0 Å². The summed E-state index contributed by atoms with van der Waals surface area (Å²) in [4.78, 5) is 12.3. The molecule has 1 heterocycles. The first-order valence-corrected chi connectivity index (χ1v) is 11.6. The summed E-state index contributed by atoms with van der Waals surface area (Å²) in [6.07, 6.45) is 8.39. The molecule has 5 nitrogen and oxygen atoms in total. The van der Waals surface area contributed by atoms with E-state index in [4.69, 9.17) is 4.74 Å². The highest BCUT2D eigenvalue weighted by molar-refractivity contribution is 7.89. The van der Waals surface area contributed by atoms with Gasteiger partial charge in [0.2, 0.25) is 10.0 Å². The summed E-state index contributed by atoms with van der Waals surface area (Å²) < 4.78 is 33.0. The highest BCUT2D eigenvalue weighted by Crippen LogP contribution is 2.35. The largest absolute Gasteiger partial charge is 0.463 e. The molecule has 3 rings (SSSR count). The third-order valence-electron chi connectivity index (χ3n) is 5.50. The van der Waals surface area contributed by atoms with Gasteiger partial charge in [-0.1, -0.05) is 35.4 Å². The van der Waals surface area contributed by atoms with E-state index in [1.807, 2.05) is 25.1 Å². The number of allylic oxidation sites excluding steroid dienone is 3. The van der Waals surface area contributed by atoms with E-state index in [1.54, 1.807) is 29.4 Å². The van der Waals surface area contributed by atoms with Crippen LogP contribution in [0.2, 0.25) is 0 Å². The van der Waals surface area contributed by atoms with E-state index >= 15 is 0 Å². The molecule has 6 heteroatoms. The fourth-order valence-electron chi connectivity index (χ4n) is 3.86. The van der Waals surface area contributed by atoms with Crippen LogP contribution in [0.3, 0.4) is 0 Å². The molecular formula is C23H29NO4S. The predicted molar refractivity (Wildman–Crippen MR) is 114 cm³/mol. The molecule has 1 saturated heterocycles. The van der Waals surface area contributed by atoms with Crippen LogP contribution in [0.25, 0.3) is 0 Å². The minimum absolute atomic E-state index is 0.0407. The van der Waals surface area contributed by atoms with Crippen LogP contribution in [0.5, 0.6) is 0 Å². The van der Waals surface area contributed by atoms with Crippen LogP contribution in [-0.4, -0.2) is 38.4 Å². The molecule has 0 spiro atoms. The van der Waals surface area contributed by atoms with E-state index in [1.165, 1.54) is 5.57 Å². The molecule has 0 bridgehead atoms. The molecule has 1 atom stereocenters. The molecule has 0 amide bonds. The molecule has 1 unspecified atom stereocenters. The van der Waals surface area contributed by atoms with E-state index in [0.29, 0.717) is 24.6 Å². The van der Waals surface area contributed by atoms with Crippen molar-refractivity contribution in [2.24, 2.45) is 5.92 Å². The predicted octanol–water partition coefficient (Wildman–Crippen LogP) is 4.16. The minimum Gasteiger partial charge on any atom is -0.463 e. The van der Waals surface area contributed by atoms with Gasteiger partial charge in [0.25, 0.3) is 0 Å². The molecule has 2 aliphatic rings. The summed E-state index contributed by atoms with van der Waals surface area (Å²) in [7, 11) is -3.57. The van der Waals surface area contributed by atoms with Crippen LogP contribution < -0.4 is 0 Å². The zero-order valence-corrected chi connectivity index (χ0v) is 18.2. The Balaban J connectivity index is 1.93. The van der Waals surface area contributed by atoms with Crippen molar-refractivity contribution in [1.82, 2.24) is 4.31 Å². The van der Waals surface area contributed by atoms with Gasteiger partial charge in [0.05, 0.1) is 11.5 Å². The van der Waals surface area contributed by atoms with Crippen LogP contribution in [-0.2, 0) is 19.6 Å². The Morgan fingerprint density at radius 3 is 2.66 bits per heavy atom. The van der Waals surface area contributed by atoms with Gasteiger partial charge in [-0.3, -0.25) is 0 Å². The summed E-state index contributed by atoms with van der Waals surface area (Å²) in [5.74, 6) is -0.305. The zero-order valence-electron chi connectivity index (χ0n) is 17.3. The third kappa shape index (κ3) is 5.06. The van der Waals surface area contributed by atoms with Gasteiger partial charge in [-0.05, 0) is 63.3 Å². The fraction of sp³-hybridized carbons (Fsp3) is 0.435. The maximum absolute atomic E-state index is 13.2.